The molecule has 1 fully saturated rings. The van der Waals surface area contributed by atoms with E-state index in [4.69, 9.17) is 9.15 Å². The lowest BCUT2D eigenvalue weighted by Crippen LogP contribution is -2.37. The van der Waals surface area contributed by atoms with Gasteiger partial charge >= 0.3 is 6.09 Å². The van der Waals surface area contributed by atoms with Crippen molar-refractivity contribution >= 4 is 23.0 Å². The van der Waals surface area contributed by atoms with Crippen LogP contribution in [0.1, 0.15) is 44.4 Å². The molecule has 1 aliphatic rings. The molecule has 1 aromatic heterocycles. The maximum Gasteiger partial charge on any atom is 0.417 e. The minimum atomic E-state index is -0.619. The molecule has 3 rings (SSSR count). The number of imide groups is 1. The van der Waals surface area contributed by atoms with Gasteiger partial charge in [0.25, 0.3) is 0 Å². The Balaban J connectivity index is 1.81. The largest absolute Gasteiger partial charge is 0.460 e. The third-order valence-corrected chi connectivity index (χ3v) is 3.90. The van der Waals surface area contributed by atoms with Crippen molar-refractivity contribution in [3.05, 3.63) is 35.6 Å². The lowest BCUT2D eigenvalue weighted by atomic mass is 10.1. The minimum absolute atomic E-state index is 0.123. The van der Waals surface area contributed by atoms with E-state index in [1.807, 2.05) is 31.2 Å². The summed E-state index contributed by atoms with van der Waals surface area (Å²) in [7, 11) is 0. The highest BCUT2D eigenvalue weighted by Crippen LogP contribution is 2.33. The van der Waals surface area contributed by atoms with Gasteiger partial charge < -0.3 is 9.15 Å². The Morgan fingerprint density at radius 3 is 2.74 bits per heavy atom. The van der Waals surface area contributed by atoms with Gasteiger partial charge in [0.05, 0.1) is 0 Å². The zero-order chi connectivity index (χ0) is 16.8. The third kappa shape index (κ3) is 3.09. The predicted molar refractivity (Wildman–Crippen MR) is 86.3 cm³/mol. The summed E-state index contributed by atoms with van der Waals surface area (Å²) >= 11 is 0. The van der Waals surface area contributed by atoms with Crippen LogP contribution in [0.25, 0.3) is 11.0 Å². The molecule has 1 atom stereocenters. The van der Waals surface area contributed by atoms with Crippen LogP contribution in [0.5, 0.6) is 0 Å². The van der Waals surface area contributed by atoms with Crippen LogP contribution in [0.3, 0.4) is 0 Å². The molecule has 0 aliphatic carbocycles. The Morgan fingerprint density at radius 2 is 2.09 bits per heavy atom. The lowest BCUT2D eigenvalue weighted by Gasteiger charge is -2.23. The van der Waals surface area contributed by atoms with Crippen LogP contribution in [0.2, 0.25) is 0 Å². The second kappa shape index (κ2) is 5.41. The van der Waals surface area contributed by atoms with E-state index < -0.39 is 11.7 Å². The van der Waals surface area contributed by atoms with Crippen molar-refractivity contribution in [2.45, 2.75) is 45.6 Å². The number of aryl methyl sites for hydroxylation is 1. The van der Waals surface area contributed by atoms with Gasteiger partial charge in [-0.1, -0.05) is 18.2 Å². The average molecular weight is 315 g/mol. The van der Waals surface area contributed by atoms with Crippen LogP contribution in [-0.4, -0.2) is 29.0 Å². The standard InChI is InChI=1S/C18H21NO4/c1-11-6-5-7-12-8-14(22-16(11)12)13-9-15(20)19(10-13)17(21)23-18(2,3)4/h5-8,13H,9-10H2,1-4H3/t13-/m0/s1. The Labute approximate surface area is 135 Å². The maximum atomic E-state index is 12.2. The number of para-hydroxylation sites is 1. The molecular weight excluding hydrogens is 294 g/mol. The van der Waals surface area contributed by atoms with E-state index in [1.54, 1.807) is 20.8 Å². The van der Waals surface area contributed by atoms with Crippen LogP contribution in [0, 0.1) is 6.92 Å². The normalized spacial score (nSPS) is 18.7. The highest BCUT2D eigenvalue weighted by molar-refractivity contribution is 5.94. The van der Waals surface area contributed by atoms with Crippen molar-refractivity contribution in [3.8, 4) is 0 Å². The molecule has 2 amide bonds. The minimum Gasteiger partial charge on any atom is -0.460 e. The smallest absolute Gasteiger partial charge is 0.417 e. The first kappa shape index (κ1) is 15.6. The van der Waals surface area contributed by atoms with Crippen molar-refractivity contribution in [1.82, 2.24) is 4.90 Å². The molecule has 1 saturated heterocycles. The first-order chi connectivity index (χ1) is 10.7. The van der Waals surface area contributed by atoms with E-state index in [2.05, 4.69) is 0 Å². The summed E-state index contributed by atoms with van der Waals surface area (Å²) in [6, 6.07) is 7.91. The fourth-order valence-corrected chi connectivity index (χ4v) is 2.82. The topological polar surface area (TPSA) is 59.8 Å². The highest BCUT2D eigenvalue weighted by atomic mass is 16.6. The van der Waals surface area contributed by atoms with Crippen molar-refractivity contribution in [3.63, 3.8) is 0 Å². The number of nitrogens with zero attached hydrogens (tertiary/aromatic N) is 1. The zero-order valence-corrected chi connectivity index (χ0v) is 13.9. The van der Waals surface area contributed by atoms with Crippen LogP contribution in [-0.2, 0) is 9.53 Å². The summed E-state index contributed by atoms with van der Waals surface area (Å²) < 4.78 is 11.2. The number of hydrogen-bond donors (Lipinski definition) is 0. The number of ether oxygens (including phenoxy) is 1. The monoisotopic (exact) mass is 315 g/mol. The van der Waals surface area contributed by atoms with Gasteiger partial charge in [-0.05, 0) is 39.3 Å². The van der Waals surface area contributed by atoms with E-state index in [0.29, 0.717) is 6.54 Å². The fraction of sp³-hybridized carbons (Fsp3) is 0.444. The van der Waals surface area contributed by atoms with Gasteiger partial charge in [-0.25, -0.2) is 9.69 Å². The number of fused-ring (bicyclic) bond motifs is 1. The third-order valence-electron chi connectivity index (χ3n) is 3.90. The molecule has 23 heavy (non-hydrogen) atoms. The molecule has 2 heterocycles. The van der Waals surface area contributed by atoms with Crippen molar-refractivity contribution in [2.24, 2.45) is 0 Å². The van der Waals surface area contributed by atoms with Gasteiger partial charge in [-0.15, -0.1) is 0 Å². The van der Waals surface area contributed by atoms with E-state index in [0.717, 1.165) is 22.3 Å². The number of benzene rings is 1. The highest BCUT2D eigenvalue weighted by Gasteiger charge is 2.38. The van der Waals surface area contributed by atoms with Crippen molar-refractivity contribution in [1.29, 1.82) is 0 Å². The maximum absolute atomic E-state index is 12.2. The molecule has 1 aliphatic heterocycles. The molecular formula is C18H21NO4. The summed E-state index contributed by atoms with van der Waals surface area (Å²) in [4.78, 5) is 25.5. The summed E-state index contributed by atoms with van der Waals surface area (Å²) in [6.07, 6.45) is -0.324. The van der Waals surface area contributed by atoms with E-state index in [9.17, 15) is 9.59 Å². The van der Waals surface area contributed by atoms with Crippen molar-refractivity contribution < 1.29 is 18.7 Å². The molecule has 0 spiro atoms. The van der Waals surface area contributed by atoms with Gasteiger partial charge in [0, 0.05) is 24.3 Å². The fourth-order valence-electron chi connectivity index (χ4n) is 2.82. The molecule has 5 heteroatoms. The van der Waals surface area contributed by atoms with Crippen LogP contribution in [0.4, 0.5) is 4.79 Å². The van der Waals surface area contributed by atoms with Gasteiger partial charge in [0.15, 0.2) is 0 Å². The quantitative estimate of drug-likeness (QED) is 0.798. The number of likely N-dealkylation sites (tertiary alicyclic amines) is 1. The summed E-state index contributed by atoms with van der Waals surface area (Å²) in [5.41, 5.74) is 1.28. The molecule has 122 valence electrons. The number of hydrogen-bond acceptors (Lipinski definition) is 4. The van der Waals surface area contributed by atoms with Gasteiger partial charge in [0.2, 0.25) is 5.91 Å². The van der Waals surface area contributed by atoms with Gasteiger partial charge in [-0.2, -0.15) is 0 Å². The second-order valence-electron chi connectivity index (χ2n) is 7.03. The molecule has 2 aromatic rings. The Bertz CT molecular complexity index is 769. The van der Waals surface area contributed by atoms with Crippen molar-refractivity contribution in [2.75, 3.05) is 6.54 Å². The molecule has 0 saturated carbocycles. The summed E-state index contributed by atoms with van der Waals surface area (Å²) in [6.45, 7) is 7.63. The number of rotatable bonds is 1. The van der Waals surface area contributed by atoms with E-state index >= 15 is 0 Å². The van der Waals surface area contributed by atoms with Gasteiger partial charge in [-0.3, -0.25) is 4.79 Å². The molecule has 0 bridgehead atoms. The van der Waals surface area contributed by atoms with Crippen LogP contribution >= 0.6 is 0 Å². The first-order valence-electron chi connectivity index (χ1n) is 7.77. The SMILES string of the molecule is Cc1cccc2cc([C@H]3CC(=O)N(C(=O)OC(C)(C)C)C3)oc12. The number of amides is 2. The molecule has 1 aromatic carbocycles. The second-order valence-corrected chi connectivity index (χ2v) is 7.03. The van der Waals surface area contributed by atoms with Crippen LogP contribution < -0.4 is 0 Å². The van der Waals surface area contributed by atoms with E-state index in [1.165, 1.54) is 4.90 Å². The summed E-state index contributed by atoms with van der Waals surface area (Å²) in [5, 5.41) is 1.02. The lowest BCUT2D eigenvalue weighted by molar-refractivity contribution is -0.127. The molecule has 0 N–H and O–H groups in total. The first-order valence-corrected chi connectivity index (χ1v) is 7.77. The molecule has 0 radical (unpaired) electrons. The zero-order valence-electron chi connectivity index (χ0n) is 13.9. The summed E-state index contributed by atoms with van der Waals surface area (Å²) in [5.74, 6) is 0.400. The number of carbonyl (C=O) groups is 2. The van der Waals surface area contributed by atoms with Crippen LogP contribution in [0.15, 0.2) is 28.7 Å². The molecule has 5 nitrogen and oxygen atoms in total. The average Bonchev–Trinajstić information content (AvgIpc) is 3.01. The van der Waals surface area contributed by atoms with Gasteiger partial charge in [0.1, 0.15) is 16.9 Å². The van der Waals surface area contributed by atoms with E-state index in [-0.39, 0.29) is 18.2 Å². The Kier molecular flexibility index (Phi) is 3.66. The Morgan fingerprint density at radius 1 is 1.35 bits per heavy atom. The molecule has 0 unspecified atom stereocenters. The number of furan rings is 1. The Hall–Kier alpha value is -2.30. The predicted octanol–water partition coefficient (Wildman–Crippen LogP) is 3.99. The number of carbonyl (C=O) groups excluding carboxylic acids is 2.